The van der Waals surface area contributed by atoms with Gasteiger partial charge >= 0.3 is 0 Å². The van der Waals surface area contributed by atoms with Gasteiger partial charge in [-0.05, 0) is 6.07 Å². The smallest absolute Gasteiger partial charge is 0.239 e. The number of phenols is 2. The van der Waals surface area contributed by atoms with Gasteiger partial charge in [0, 0.05) is 11.6 Å². The highest BCUT2D eigenvalue weighted by Crippen LogP contribution is 2.48. The topological polar surface area (TPSA) is 98.4 Å². The fraction of sp³-hybridized carbons (Fsp3) is 0.118. The number of hydrogen-bond acceptors (Lipinski definition) is 7. The molecular weight excluding hydrogens is 316 g/mol. The molecule has 3 heterocycles. The van der Waals surface area contributed by atoms with Crippen LogP contribution in [0.1, 0.15) is 5.56 Å². The predicted octanol–water partition coefficient (Wildman–Crippen LogP) is 2.49. The minimum Gasteiger partial charge on any atom is -0.507 e. The van der Waals surface area contributed by atoms with Gasteiger partial charge in [-0.1, -0.05) is 12.1 Å². The first-order valence-corrected chi connectivity index (χ1v) is 7.21. The molecule has 0 saturated carbocycles. The number of aromatic hydroxyl groups is 2. The van der Waals surface area contributed by atoms with Crippen LogP contribution in [0, 0.1) is 0 Å². The normalized spacial score (nSPS) is 14.2. The van der Waals surface area contributed by atoms with E-state index in [1.807, 2.05) is 0 Å². The zero-order valence-electron chi connectivity index (χ0n) is 12.2. The van der Waals surface area contributed by atoms with Crippen LogP contribution < -0.4 is 19.6 Å². The van der Waals surface area contributed by atoms with Gasteiger partial charge < -0.3 is 28.8 Å². The van der Waals surface area contributed by atoms with Gasteiger partial charge in [-0.3, -0.25) is 4.79 Å². The molecule has 1 aromatic heterocycles. The van der Waals surface area contributed by atoms with Crippen LogP contribution in [0.25, 0.3) is 22.3 Å². The zero-order chi connectivity index (χ0) is 16.4. The lowest BCUT2D eigenvalue weighted by Gasteiger charge is -2.20. The summed E-state index contributed by atoms with van der Waals surface area (Å²) in [7, 11) is 0. The number of ether oxygens (including phenoxy) is 3. The molecule has 0 atom stereocenters. The van der Waals surface area contributed by atoms with Crippen LogP contribution in [0.5, 0.6) is 28.7 Å². The average molecular weight is 326 g/mol. The second-order valence-corrected chi connectivity index (χ2v) is 5.52. The Morgan fingerprint density at radius 3 is 2.79 bits per heavy atom. The molecule has 0 aliphatic carbocycles. The van der Waals surface area contributed by atoms with E-state index in [9.17, 15) is 15.0 Å². The number of fused-ring (bicyclic) bond motifs is 5. The van der Waals surface area contributed by atoms with Crippen LogP contribution in [0.4, 0.5) is 0 Å². The number of phenolic OH excluding ortho intramolecular Hbond substituents is 2. The van der Waals surface area contributed by atoms with Crippen LogP contribution in [-0.4, -0.2) is 17.0 Å². The SMILES string of the molecule is O=c1c2c(oc3cc4c(c(O)c13)OCO4)-c1c(O)cccc1CO2. The molecule has 0 unspecified atom stereocenters. The molecule has 0 spiro atoms. The van der Waals surface area contributed by atoms with Crippen molar-refractivity contribution in [3.8, 4) is 40.1 Å². The molecule has 0 amide bonds. The lowest BCUT2D eigenvalue weighted by Crippen LogP contribution is -2.15. The summed E-state index contributed by atoms with van der Waals surface area (Å²) >= 11 is 0. The second kappa shape index (κ2) is 4.35. The van der Waals surface area contributed by atoms with Gasteiger partial charge in [0.1, 0.15) is 23.3 Å². The van der Waals surface area contributed by atoms with Gasteiger partial charge in [0.15, 0.2) is 17.3 Å². The highest BCUT2D eigenvalue weighted by Gasteiger charge is 2.30. The monoisotopic (exact) mass is 326 g/mol. The van der Waals surface area contributed by atoms with E-state index in [-0.39, 0.29) is 58.9 Å². The maximum atomic E-state index is 12.8. The Labute approximate surface area is 134 Å². The molecule has 2 aliphatic rings. The van der Waals surface area contributed by atoms with Crippen molar-refractivity contribution in [1.82, 2.24) is 0 Å². The van der Waals surface area contributed by atoms with E-state index in [1.165, 1.54) is 12.1 Å². The Balaban J connectivity index is 1.92. The van der Waals surface area contributed by atoms with Gasteiger partial charge in [0.05, 0.1) is 5.56 Å². The molecule has 7 heteroatoms. The minimum atomic E-state index is -0.532. The maximum Gasteiger partial charge on any atom is 0.239 e. The molecule has 0 radical (unpaired) electrons. The maximum absolute atomic E-state index is 12.8. The summed E-state index contributed by atoms with van der Waals surface area (Å²) < 4.78 is 21.7. The highest BCUT2D eigenvalue weighted by atomic mass is 16.7. The first kappa shape index (κ1) is 13.1. The molecule has 2 N–H and O–H groups in total. The fourth-order valence-electron chi connectivity index (χ4n) is 3.09. The fourth-order valence-corrected chi connectivity index (χ4v) is 3.09. The molecule has 2 aromatic carbocycles. The van der Waals surface area contributed by atoms with E-state index in [4.69, 9.17) is 18.6 Å². The third-order valence-electron chi connectivity index (χ3n) is 4.18. The van der Waals surface area contributed by atoms with Gasteiger partial charge in [-0.25, -0.2) is 0 Å². The van der Waals surface area contributed by atoms with Crippen molar-refractivity contribution < 1.29 is 28.8 Å². The molecule has 0 bridgehead atoms. The molecule has 5 rings (SSSR count). The van der Waals surface area contributed by atoms with Gasteiger partial charge in [0.2, 0.25) is 23.7 Å². The van der Waals surface area contributed by atoms with Gasteiger partial charge in [-0.2, -0.15) is 0 Å². The zero-order valence-corrected chi connectivity index (χ0v) is 12.2. The summed E-state index contributed by atoms with van der Waals surface area (Å²) in [6.45, 7) is 0.0750. The largest absolute Gasteiger partial charge is 0.507 e. The predicted molar refractivity (Wildman–Crippen MR) is 81.7 cm³/mol. The quantitative estimate of drug-likeness (QED) is 0.655. The van der Waals surface area contributed by atoms with Gasteiger partial charge in [-0.15, -0.1) is 0 Å². The van der Waals surface area contributed by atoms with Crippen LogP contribution in [0.15, 0.2) is 33.5 Å². The molecular formula is C17H10O7. The van der Waals surface area contributed by atoms with Crippen molar-refractivity contribution in [2.45, 2.75) is 6.61 Å². The van der Waals surface area contributed by atoms with Crippen LogP contribution in [-0.2, 0) is 6.61 Å². The van der Waals surface area contributed by atoms with E-state index < -0.39 is 5.43 Å². The molecule has 24 heavy (non-hydrogen) atoms. The van der Waals surface area contributed by atoms with Crippen molar-refractivity contribution in [1.29, 1.82) is 0 Å². The second-order valence-electron chi connectivity index (χ2n) is 5.52. The minimum absolute atomic E-state index is 0.00971. The summed E-state index contributed by atoms with van der Waals surface area (Å²) in [5.74, 6) is 0.120. The number of rotatable bonds is 0. The third kappa shape index (κ3) is 1.53. The Kier molecular flexibility index (Phi) is 2.38. The standard InChI is InChI=1S/C17H10O7/c18-8-3-1-2-7-5-21-17-14(20)12-9(24-16(17)11(7)8)4-10-15(13(12)19)23-6-22-10/h1-4,18-19H,5-6H2. The summed E-state index contributed by atoms with van der Waals surface area (Å²) in [6, 6.07) is 6.45. The Hall–Kier alpha value is -3.35. The Morgan fingerprint density at radius 1 is 1.04 bits per heavy atom. The van der Waals surface area contributed by atoms with Crippen molar-refractivity contribution in [3.05, 3.63) is 40.1 Å². The first-order valence-electron chi connectivity index (χ1n) is 7.21. The first-order chi connectivity index (χ1) is 11.6. The van der Waals surface area contributed by atoms with E-state index in [0.29, 0.717) is 11.1 Å². The lowest BCUT2D eigenvalue weighted by molar-refractivity contribution is 0.171. The summed E-state index contributed by atoms with van der Waals surface area (Å²) in [4.78, 5) is 12.8. The van der Waals surface area contributed by atoms with E-state index in [2.05, 4.69) is 0 Å². The molecule has 3 aromatic rings. The van der Waals surface area contributed by atoms with Crippen LogP contribution in [0.3, 0.4) is 0 Å². The highest BCUT2D eigenvalue weighted by molar-refractivity contribution is 5.92. The van der Waals surface area contributed by atoms with Crippen LogP contribution >= 0.6 is 0 Å². The summed E-state index contributed by atoms with van der Waals surface area (Å²) in [6.07, 6.45) is 0. The molecule has 2 aliphatic heterocycles. The van der Waals surface area contributed by atoms with Gasteiger partial charge in [0.25, 0.3) is 0 Å². The van der Waals surface area contributed by atoms with Crippen molar-refractivity contribution in [2.75, 3.05) is 6.79 Å². The average Bonchev–Trinajstić information content (AvgIpc) is 3.03. The number of hydrogen-bond donors (Lipinski definition) is 2. The van der Waals surface area contributed by atoms with E-state index in [0.717, 1.165) is 0 Å². The molecule has 0 fully saturated rings. The van der Waals surface area contributed by atoms with E-state index >= 15 is 0 Å². The van der Waals surface area contributed by atoms with Crippen LogP contribution in [0.2, 0.25) is 0 Å². The molecule has 7 nitrogen and oxygen atoms in total. The van der Waals surface area contributed by atoms with Crippen molar-refractivity contribution in [3.63, 3.8) is 0 Å². The number of benzene rings is 2. The molecule has 0 saturated heterocycles. The Bertz CT molecular complexity index is 1080. The summed E-state index contributed by atoms with van der Waals surface area (Å²) in [5.41, 5.74) is 0.709. The Morgan fingerprint density at radius 2 is 1.92 bits per heavy atom. The molecule has 120 valence electrons. The van der Waals surface area contributed by atoms with Crippen molar-refractivity contribution >= 4 is 11.0 Å². The summed E-state index contributed by atoms with van der Waals surface area (Å²) in [5, 5.41) is 20.5. The lowest BCUT2D eigenvalue weighted by atomic mass is 10.0. The van der Waals surface area contributed by atoms with Crippen molar-refractivity contribution in [2.24, 2.45) is 0 Å². The van der Waals surface area contributed by atoms with E-state index in [1.54, 1.807) is 12.1 Å². The third-order valence-corrected chi connectivity index (χ3v) is 4.18.